The van der Waals surface area contributed by atoms with Gasteiger partial charge in [0.25, 0.3) is 0 Å². The molecule has 0 radical (unpaired) electrons. The van der Waals surface area contributed by atoms with E-state index in [-0.39, 0.29) is 12.1 Å². The Balaban J connectivity index is 2.00. The first-order valence-corrected chi connectivity index (χ1v) is 6.58. The Labute approximate surface area is 108 Å². The zero-order valence-corrected chi connectivity index (χ0v) is 11.5. The summed E-state index contributed by atoms with van der Waals surface area (Å²) in [5.74, 6) is 1.02. The third-order valence-electron chi connectivity index (χ3n) is 3.51. The van der Waals surface area contributed by atoms with Crippen molar-refractivity contribution in [2.75, 3.05) is 33.8 Å². The van der Waals surface area contributed by atoms with Crippen LogP contribution in [-0.4, -0.2) is 65.6 Å². The molecule has 0 amide bonds. The highest BCUT2D eigenvalue weighted by atomic mass is 16.5. The molecule has 2 rings (SSSR count). The topological polar surface area (TPSA) is 55.2 Å². The number of nitrogens with zero attached hydrogens (tertiary/aromatic N) is 4. The normalized spacial score (nSPS) is 23.2. The van der Waals surface area contributed by atoms with Crippen molar-refractivity contribution < 1.29 is 4.74 Å². The molecule has 0 aliphatic carbocycles. The third kappa shape index (κ3) is 3.07. The van der Waals surface area contributed by atoms with E-state index in [0.717, 1.165) is 38.5 Å². The maximum absolute atomic E-state index is 5.86. The van der Waals surface area contributed by atoms with Crippen molar-refractivity contribution >= 4 is 0 Å². The van der Waals surface area contributed by atoms with E-state index in [9.17, 15) is 0 Å². The molecule has 1 fully saturated rings. The monoisotopic (exact) mass is 253 g/mol. The lowest BCUT2D eigenvalue weighted by molar-refractivity contribution is -0.0376. The summed E-state index contributed by atoms with van der Waals surface area (Å²) in [5.41, 5.74) is 0. The van der Waals surface area contributed by atoms with E-state index < -0.39 is 0 Å². The van der Waals surface area contributed by atoms with Crippen molar-refractivity contribution in [3.63, 3.8) is 0 Å². The van der Waals surface area contributed by atoms with Gasteiger partial charge in [-0.3, -0.25) is 4.68 Å². The van der Waals surface area contributed by atoms with Gasteiger partial charge in [-0.1, -0.05) is 0 Å². The minimum absolute atomic E-state index is 0.218. The lowest BCUT2D eigenvalue weighted by Gasteiger charge is -2.34. The summed E-state index contributed by atoms with van der Waals surface area (Å²) in [4.78, 5) is 6.64. The van der Waals surface area contributed by atoms with Gasteiger partial charge in [0.2, 0.25) is 0 Å². The Kier molecular flexibility index (Phi) is 4.68. The fourth-order valence-corrected chi connectivity index (χ4v) is 2.38. The lowest BCUT2D eigenvalue weighted by Crippen LogP contribution is -2.51. The van der Waals surface area contributed by atoms with E-state index in [2.05, 4.69) is 34.3 Å². The Bertz CT molecular complexity index is 367. The summed E-state index contributed by atoms with van der Waals surface area (Å²) >= 11 is 0. The highest BCUT2D eigenvalue weighted by Crippen LogP contribution is 2.11. The number of aryl methyl sites for hydroxylation is 1. The Hall–Kier alpha value is -0.980. The Morgan fingerprint density at radius 1 is 1.61 bits per heavy atom. The first-order chi connectivity index (χ1) is 8.74. The molecule has 0 bridgehead atoms. The van der Waals surface area contributed by atoms with Crippen LogP contribution in [0, 0.1) is 0 Å². The molecule has 2 heterocycles. The van der Waals surface area contributed by atoms with E-state index in [4.69, 9.17) is 4.74 Å². The van der Waals surface area contributed by atoms with E-state index in [1.807, 2.05) is 11.7 Å². The van der Waals surface area contributed by atoms with Gasteiger partial charge in [-0.15, -0.1) is 0 Å². The zero-order valence-electron chi connectivity index (χ0n) is 11.5. The Morgan fingerprint density at radius 2 is 2.44 bits per heavy atom. The van der Waals surface area contributed by atoms with Crippen LogP contribution >= 0.6 is 0 Å². The molecule has 0 saturated carbocycles. The molecule has 2 atom stereocenters. The molecule has 1 aliphatic rings. The maximum Gasteiger partial charge on any atom is 0.138 e. The van der Waals surface area contributed by atoms with Gasteiger partial charge in [-0.2, -0.15) is 5.10 Å². The fourth-order valence-electron chi connectivity index (χ4n) is 2.38. The average Bonchev–Trinajstić information content (AvgIpc) is 2.83. The van der Waals surface area contributed by atoms with Gasteiger partial charge < -0.3 is 15.0 Å². The van der Waals surface area contributed by atoms with Crippen LogP contribution in [0.2, 0.25) is 0 Å². The molecule has 1 saturated heterocycles. The quantitative estimate of drug-likeness (QED) is 0.785. The van der Waals surface area contributed by atoms with E-state index in [1.54, 1.807) is 6.33 Å². The van der Waals surface area contributed by atoms with Gasteiger partial charge in [0.15, 0.2) is 0 Å². The molecule has 2 unspecified atom stereocenters. The van der Waals surface area contributed by atoms with Crippen molar-refractivity contribution in [3.05, 3.63) is 12.2 Å². The molecular weight excluding hydrogens is 230 g/mol. The maximum atomic E-state index is 5.86. The number of rotatable bonds is 5. The van der Waals surface area contributed by atoms with Crippen LogP contribution in [0.25, 0.3) is 0 Å². The predicted molar refractivity (Wildman–Crippen MR) is 69.5 cm³/mol. The minimum atomic E-state index is 0.218. The van der Waals surface area contributed by atoms with Crippen LogP contribution in [0.15, 0.2) is 6.33 Å². The highest BCUT2D eigenvalue weighted by molar-refractivity contribution is 4.93. The highest BCUT2D eigenvalue weighted by Gasteiger charge is 2.27. The smallest absolute Gasteiger partial charge is 0.138 e. The molecule has 0 aromatic carbocycles. The molecule has 6 heteroatoms. The van der Waals surface area contributed by atoms with Crippen molar-refractivity contribution in [2.45, 2.75) is 32.0 Å². The van der Waals surface area contributed by atoms with Crippen LogP contribution in [-0.2, 0) is 17.7 Å². The van der Waals surface area contributed by atoms with Crippen LogP contribution in [0.4, 0.5) is 0 Å². The fraction of sp³-hybridized carbons (Fsp3) is 0.833. The molecule has 0 spiro atoms. The standard InChI is InChI=1S/C12H23N5O/c1-4-17-12(14-9-15-17)7-10(13-2)11-8-16(3)5-6-18-11/h9-11,13H,4-8H2,1-3H3. The molecule has 1 aliphatic heterocycles. The number of nitrogens with one attached hydrogen (secondary N) is 1. The van der Waals surface area contributed by atoms with Crippen LogP contribution in [0.1, 0.15) is 12.7 Å². The first kappa shape index (κ1) is 13.5. The molecule has 1 aromatic heterocycles. The minimum Gasteiger partial charge on any atom is -0.374 e. The van der Waals surface area contributed by atoms with Gasteiger partial charge >= 0.3 is 0 Å². The van der Waals surface area contributed by atoms with Gasteiger partial charge in [-0.05, 0) is 21.0 Å². The van der Waals surface area contributed by atoms with Crippen LogP contribution in [0.5, 0.6) is 0 Å². The summed E-state index contributed by atoms with van der Waals surface area (Å²) in [6, 6.07) is 0.280. The summed E-state index contributed by atoms with van der Waals surface area (Å²) in [6.45, 7) is 5.72. The molecule has 1 aromatic rings. The third-order valence-corrected chi connectivity index (χ3v) is 3.51. The number of aromatic nitrogens is 3. The van der Waals surface area contributed by atoms with Crippen LogP contribution < -0.4 is 5.32 Å². The van der Waals surface area contributed by atoms with E-state index >= 15 is 0 Å². The molecule has 102 valence electrons. The summed E-state index contributed by atoms with van der Waals surface area (Å²) in [7, 11) is 4.12. The summed E-state index contributed by atoms with van der Waals surface area (Å²) < 4.78 is 7.80. The zero-order chi connectivity index (χ0) is 13.0. The summed E-state index contributed by atoms with van der Waals surface area (Å²) in [5, 5.41) is 7.56. The second-order valence-corrected chi connectivity index (χ2v) is 4.76. The van der Waals surface area contributed by atoms with Crippen molar-refractivity contribution in [3.8, 4) is 0 Å². The second-order valence-electron chi connectivity index (χ2n) is 4.76. The SMILES string of the molecule is CCn1ncnc1CC(NC)C1CN(C)CCO1. The number of morpholine rings is 1. The van der Waals surface area contributed by atoms with Gasteiger partial charge in [0, 0.05) is 32.1 Å². The lowest BCUT2D eigenvalue weighted by atomic mass is 10.1. The van der Waals surface area contributed by atoms with Gasteiger partial charge in [-0.25, -0.2) is 4.98 Å². The molecule has 1 N–H and O–H groups in total. The number of ether oxygens (including phenoxy) is 1. The van der Waals surface area contributed by atoms with Gasteiger partial charge in [0.1, 0.15) is 12.2 Å². The number of likely N-dealkylation sites (N-methyl/N-ethyl adjacent to an activating group) is 2. The largest absolute Gasteiger partial charge is 0.374 e. The van der Waals surface area contributed by atoms with Gasteiger partial charge in [0.05, 0.1) is 12.7 Å². The molecule has 18 heavy (non-hydrogen) atoms. The van der Waals surface area contributed by atoms with Crippen LogP contribution in [0.3, 0.4) is 0 Å². The Morgan fingerprint density at radius 3 is 3.11 bits per heavy atom. The predicted octanol–water partition coefficient (Wildman–Crippen LogP) is -0.241. The number of hydrogen-bond donors (Lipinski definition) is 1. The summed E-state index contributed by atoms with van der Waals surface area (Å²) in [6.07, 6.45) is 2.69. The average molecular weight is 253 g/mol. The molecule has 6 nitrogen and oxygen atoms in total. The first-order valence-electron chi connectivity index (χ1n) is 6.58. The van der Waals surface area contributed by atoms with E-state index in [1.165, 1.54) is 0 Å². The molecular formula is C12H23N5O. The van der Waals surface area contributed by atoms with Crippen molar-refractivity contribution in [2.24, 2.45) is 0 Å². The number of hydrogen-bond acceptors (Lipinski definition) is 5. The van der Waals surface area contributed by atoms with Crippen molar-refractivity contribution in [1.82, 2.24) is 25.0 Å². The van der Waals surface area contributed by atoms with E-state index in [0.29, 0.717) is 0 Å². The second kappa shape index (κ2) is 6.26. The van der Waals surface area contributed by atoms with Crippen molar-refractivity contribution in [1.29, 1.82) is 0 Å².